The van der Waals surface area contributed by atoms with E-state index in [0.717, 1.165) is 17.7 Å². The first-order valence-corrected chi connectivity index (χ1v) is 8.79. The summed E-state index contributed by atoms with van der Waals surface area (Å²) in [7, 11) is 0. The average molecular weight is 290 g/mol. The summed E-state index contributed by atoms with van der Waals surface area (Å²) in [4.78, 5) is 4.10. The first kappa shape index (κ1) is 14.4. The van der Waals surface area contributed by atoms with E-state index >= 15 is 0 Å². The van der Waals surface area contributed by atoms with Gasteiger partial charge in [0.15, 0.2) is 0 Å². The van der Waals surface area contributed by atoms with Gasteiger partial charge in [0.05, 0.1) is 0 Å². The summed E-state index contributed by atoms with van der Waals surface area (Å²) in [6.45, 7) is 9.52. The van der Waals surface area contributed by atoms with Gasteiger partial charge in [-0.3, -0.25) is 0 Å². The lowest BCUT2D eigenvalue weighted by Crippen LogP contribution is -2.32. The Kier molecular flexibility index (Phi) is 4.69. The van der Waals surface area contributed by atoms with Crippen molar-refractivity contribution >= 4 is 11.8 Å². The Morgan fingerprint density at radius 1 is 1.30 bits per heavy atom. The van der Waals surface area contributed by atoms with Crippen molar-refractivity contribution in [2.75, 3.05) is 26.2 Å². The number of nitrogens with zero attached hydrogens (tertiary/aromatic N) is 1. The number of rotatable bonds is 5. The van der Waals surface area contributed by atoms with Crippen LogP contribution in [-0.4, -0.2) is 42.4 Å². The van der Waals surface area contributed by atoms with Gasteiger partial charge in [0.1, 0.15) is 0 Å². The zero-order valence-corrected chi connectivity index (χ0v) is 13.5. The van der Waals surface area contributed by atoms with Crippen LogP contribution in [0.3, 0.4) is 0 Å². The van der Waals surface area contributed by atoms with Crippen molar-refractivity contribution < 1.29 is 0 Å². The molecule has 2 unspecified atom stereocenters. The molecule has 0 aromatic heterocycles. The Morgan fingerprint density at radius 3 is 2.90 bits per heavy atom. The van der Waals surface area contributed by atoms with Gasteiger partial charge in [0, 0.05) is 29.3 Å². The molecule has 0 aliphatic carbocycles. The third kappa shape index (κ3) is 3.38. The van der Waals surface area contributed by atoms with Crippen LogP contribution in [0.4, 0.5) is 0 Å². The molecule has 3 rings (SSSR count). The number of nitrogens with one attached hydrogen (secondary N) is 1. The lowest BCUT2D eigenvalue weighted by molar-refractivity contribution is 0.264. The summed E-state index contributed by atoms with van der Waals surface area (Å²) in [5.74, 6) is 0.853. The largest absolute Gasteiger partial charge is 0.315 e. The molecule has 1 aromatic carbocycles. The molecular weight excluding hydrogens is 264 g/mol. The van der Waals surface area contributed by atoms with Crippen molar-refractivity contribution in [2.24, 2.45) is 5.92 Å². The van der Waals surface area contributed by atoms with E-state index < -0.39 is 0 Å². The second kappa shape index (κ2) is 6.50. The summed E-state index contributed by atoms with van der Waals surface area (Å²) in [6, 6.07) is 9.56. The fraction of sp³-hybridized carbons (Fsp3) is 0.647. The first-order valence-electron chi connectivity index (χ1n) is 7.91. The predicted molar refractivity (Wildman–Crippen MR) is 87.5 cm³/mol. The van der Waals surface area contributed by atoms with E-state index in [1.165, 1.54) is 42.9 Å². The van der Waals surface area contributed by atoms with E-state index in [1.807, 2.05) is 0 Å². The normalized spacial score (nSPS) is 26.4. The highest BCUT2D eigenvalue weighted by Crippen LogP contribution is 2.36. The standard InChI is InChI=1S/C17H26N2S/c1-13(2)19-8-7-14(12-19)10-18-11-16-9-15-5-3-4-6-17(15)20-16/h3-6,13-14,16,18H,7-12H2,1-2H3. The van der Waals surface area contributed by atoms with Gasteiger partial charge in [-0.05, 0) is 57.3 Å². The van der Waals surface area contributed by atoms with Crippen LogP contribution in [0.2, 0.25) is 0 Å². The zero-order chi connectivity index (χ0) is 13.9. The Labute approximate surface area is 127 Å². The summed E-state index contributed by atoms with van der Waals surface area (Å²) in [6.07, 6.45) is 2.60. The molecule has 110 valence electrons. The molecule has 2 nitrogen and oxygen atoms in total. The summed E-state index contributed by atoms with van der Waals surface area (Å²) in [5, 5.41) is 4.45. The SMILES string of the molecule is CC(C)N1CCC(CNCC2Cc3ccccc3S2)C1. The van der Waals surface area contributed by atoms with Crippen molar-refractivity contribution in [3.63, 3.8) is 0 Å². The van der Waals surface area contributed by atoms with Gasteiger partial charge in [-0.25, -0.2) is 0 Å². The topological polar surface area (TPSA) is 15.3 Å². The molecule has 1 fully saturated rings. The van der Waals surface area contributed by atoms with E-state index in [0.29, 0.717) is 6.04 Å². The molecule has 1 N–H and O–H groups in total. The Bertz CT molecular complexity index is 421. The molecule has 1 aromatic rings. The number of likely N-dealkylation sites (tertiary alicyclic amines) is 1. The molecule has 0 saturated carbocycles. The second-order valence-corrected chi connectivity index (χ2v) is 7.80. The van der Waals surface area contributed by atoms with E-state index in [-0.39, 0.29) is 0 Å². The quantitative estimate of drug-likeness (QED) is 0.897. The molecule has 3 heteroatoms. The molecule has 2 aliphatic heterocycles. The highest BCUT2D eigenvalue weighted by atomic mass is 32.2. The van der Waals surface area contributed by atoms with Crippen molar-refractivity contribution in [1.29, 1.82) is 0 Å². The minimum absolute atomic E-state index is 0.708. The lowest BCUT2D eigenvalue weighted by Gasteiger charge is -2.20. The summed E-state index contributed by atoms with van der Waals surface area (Å²) in [5.41, 5.74) is 1.54. The van der Waals surface area contributed by atoms with Crippen LogP contribution in [0.15, 0.2) is 29.2 Å². The Hall–Kier alpha value is -0.510. The monoisotopic (exact) mass is 290 g/mol. The number of fused-ring (bicyclic) bond motifs is 1. The highest BCUT2D eigenvalue weighted by molar-refractivity contribution is 8.00. The third-order valence-corrected chi connectivity index (χ3v) is 5.89. The van der Waals surface area contributed by atoms with Gasteiger partial charge >= 0.3 is 0 Å². The van der Waals surface area contributed by atoms with Gasteiger partial charge in [-0.15, -0.1) is 11.8 Å². The zero-order valence-electron chi connectivity index (χ0n) is 12.6. The van der Waals surface area contributed by atoms with Crippen LogP contribution in [0.25, 0.3) is 0 Å². The number of hydrogen-bond donors (Lipinski definition) is 1. The van der Waals surface area contributed by atoms with Gasteiger partial charge < -0.3 is 10.2 Å². The van der Waals surface area contributed by atoms with Crippen molar-refractivity contribution in [3.8, 4) is 0 Å². The van der Waals surface area contributed by atoms with Crippen LogP contribution in [0, 0.1) is 5.92 Å². The highest BCUT2D eigenvalue weighted by Gasteiger charge is 2.25. The van der Waals surface area contributed by atoms with E-state index in [4.69, 9.17) is 0 Å². The molecule has 2 atom stereocenters. The van der Waals surface area contributed by atoms with Crippen molar-refractivity contribution in [2.45, 2.75) is 42.9 Å². The maximum atomic E-state index is 3.72. The molecule has 0 spiro atoms. The van der Waals surface area contributed by atoms with E-state index in [9.17, 15) is 0 Å². The summed E-state index contributed by atoms with van der Waals surface area (Å²) >= 11 is 2.05. The predicted octanol–water partition coefficient (Wildman–Crippen LogP) is 3.02. The molecule has 0 bridgehead atoms. The van der Waals surface area contributed by atoms with Crippen LogP contribution in [0.1, 0.15) is 25.8 Å². The Morgan fingerprint density at radius 2 is 2.15 bits per heavy atom. The minimum Gasteiger partial charge on any atom is -0.315 e. The van der Waals surface area contributed by atoms with Crippen molar-refractivity contribution in [3.05, 3.63) is 29.8 Å². The van der Waals surface area contributed by atoms with Crippen LogP contribution in [0.5, 0.6) is 0 Å². The fourth-order valence-electron chi connectivity index (χ4n) is 3.31. The maximum Gasteiger partial charge on any atom is 0.0260 e. The Balaban J connectivity index is 1.38. The number of benzene rings is 1. The van der Waals surface area contributed by atoms with Gasteiger partial charge in [-0.2, -0.15) is 0 Å². The maximum absolute atomic E-state index is 3.72. The second-order valence-electron chi connectivity index (χ2n) is 6.45. The van der Waals surface area contributed by atoms with E-state index in [1.54, 1.807) is 0 Å². The fourth-order valence-corrected chi connectivity index (χ4v) is 4.60. The molecule has 2 heterocycles. The molecule has 2 aliphatic rings. The van der Waals surface area contributed by atoms with Gasteiger partial charge in [0.25, 0.3) is 0 Å². The molecule has 0 radical (unpaired) electrons. The minimum atomic E-state index is 0.708. The first-order chi connectivity index (χ1) is 9.72. The third-order valence-electron chi connectivity index (χ3n) is 4.57. The van der Waals surface area contributed by atoms with Crippen molar-refractivity contribution in [1.82, 2.24) is 10.2 Å². The van der Waals surface area contributed by atoms with Gasteiger partial charge in [-0.1, -0.05) is 18.2 Å². The lowest BCUT2D eigenvalue weighted by atomic mass is 10.1. The molecule has 20 heavy (non-hydrogen) atoms. The average Bonchev–Trinajstić information content (AvgIpc) is 3.04. The van der Waals surface area contributed by atoms with Crippen LogP contribution >= 0.6 is 11.8 Å². The molecule has 1 saturated heterocycles. The van der Waals surface area contributed by atoms with Crippen LogP contribution < -0.4 is 5.32 Å². The molecule has 0 amide bonds. The number of hydrogen-bond acceptors (Lipinski definition) is 3. The smallest absolute Gasteiger partial charge is 0.0260 e. The molecular formula is C17H26N2S. The van der Waals surface area contributed by atoms with Gasteiger partial charge in [0.2, 0.25) is 0 Å². The number of thioether (sulfide) groups is 1. The summed E-state index contributed by atoms with van der Waals surface area (Å²) < 4.78 is 0. The van der Waals surface area contributed by atoms with Crippen LogP contribution in [-0.2, 0) is 6.42 Å². The van der Waals surface area contributed by atoms with E-state index in [2.05, 4.69) is 60.1 Å².